The van der Waals surface area contributed by atoms with Crippen LogP contribution < -0.4 is 0 Å². The summed E-state index contributed by atoms with van der Waals surface area (Å²) in [5, 5.41) is 15.2. The first-order valence-corrected chi connectivity index (χ1v) is 22.4. The number of furan rings is 3. The van der Waals surface area contributed by atoms with Crippen molar-refractivity contribution in [3.8, 4) is 44.7 Å². The Morgan fingerprint density at radius 3 is 1.00 bits per heavy atom. The van der Waals surface area contributed by atoms with Crippen LogP contribution in [0.15, 0.2) is 214 Å². The van der Waals surface area contributed by atoms with Crippen LogP contribution in [0.4, 0.5) is 0 Å². The van der Waals surface area contributed by atoms with Crippen LogP contribution >= 0.6 is 0 Å². The molecule has 0 aliphatic rings. The summed E-state index contributed by atoms with van der Waals surface area (Å²) in [5.41, 5.74) is 12.6. The predicted molar refractivity (Wildman–Crippen MR) is 273 cm³/mol. The number of hydrogen-bond donors (Lipinski definition) is 0. The quantitative estimate of drug-likeness (QED) is 0.164. The Morgan fingerprint density at radius 2 is 0.612 bits per heavy atom. The molecule has 0 saturated heterocycles. The third-order valence-electron chi connectivity index (χ3n) is 13.9. The third-order valence-corrected chi connectivity index (χ3v) is 13.9. The van der Waals surface area contributed by atoms with Gasteiger partial charge >= 0.3 is 0 Å². The second-order valence-electron chi connectivity index (χ2n) is 17.5. The van der Waals surface area contributed by atoms with Crippen LogP contribution in [0.1, 0.15) is 0 Å². The largest absolute Gasteiger partial charge is 0.462 e. The Hall–Kier alpha value is -9.13. The van der Waals surface area contributed by atoms with Gasteiger partial charge in [0, 0.05) is 73.2 Å². The molecule has 0 bridgehead atoms. The van der Waals surface area contributed by atoms with Gasteiger partial charge in [-0.1, -0.05) is 133 Å². The Kier molecular flexibility index (Phi) is 7.40. The highest BCUT2D eigenvalue weighted by molar-refractivity contribution is 6.24. The van der Waals surface area contributed by atoms with E-state index >= 15 is 0 Å². The summed E-state index contributed by atoms with van der Waals surface area (Å²) in [4.78, 5) is 15.2. The van der Waals surface area contributed by atoms with Gasteiger partial charge in [-0.05, 0) is 96.2 Å². The molecular formula is C61H33N3O3. The van der Waals surface area contributed by atoms with Gasteiger partial charge in [0.25, 0.3) is 0 Å². The lowest BCUT2D eigenvalue weighted by Gasteiger charge is -2.18. The van der Waals surface area contributed by atoms with Crippen LogP contribution in [-0.2, 0) is 0 Å². The summed E-state index contributed by atoms with van der Waals surface area (Å²) >= 11 is 0. The van der Waals surface area contributed by atoms with Gasteiger partial charge in [-0.15, -0.1) is 0 Å². The van der Waals surface area contributed by atoms with Crippen molar-refractivity contribution in [2.45, 2.75) is 0 Å². The third kappa shape index (κ3) is 5.23. The maximum Gasteiger partial charge on any atom is 0.161 e. The maximum atomic E-state index is 7.02. The summed E-state index contributed by atoms with van der Waals surface area (Å²) in [6.07, 6.45) is 9.42. The van der Waals surface area contributed by atoms with Crippen molar-refractivity contribution < 1.29 is 13.3 Å². The first-order chi connectivity index (χ1) is 33.2. The number of pyridine rings is 3. The topological polar surface area (TPSA) is 78.1 Å². The molecule has 0 amide bonds. The summed E-state index contributed by atoms with van der Waals surface area (Å²) in [6.45, 7) is 0. The molecule has 9 aromatic carbocycles. The fourth-order valence-electron chi connectivity index (χ4n) is 10.9. The highest BCUT2D eigenvalue weighted by Crippen LogP contribution is 2.48. The van der Waals surface area contributed by atoms with Crippen LogP contribution in [0.2, 0.25) is 0 Å². The average Bonchev–Trinajstić information content (AvgIpc) is 4.18. The van der Waals surface area contributed by atoms with E-state index in [2.05, 4.69) is 158 Å². The molecule has 0 fully saturated rings. The molecule has 15 rings (SSSR count). The van der Waals surface area contributed by atoms with E-state index in [-0.39, 0.29) is 0 Å². The Balaban J connectivity index is 0.891. The van der Waals surface area contributed by atoms with Crippen LogP contribution in [0.3, 0.4) is 0 Å². The monoisotopic (exact) mass is 855 g/mol. The lowest BCUT2D eigenvalue weighted by atomic mass is 9.86. The average molecular weight is 856 g/mol. The summed E-state index contributed by atoms with van der Waals surface area (Å²) < 4.78 is 18.7. The fourth-order valence-corrected chi connectivity index (χ4v) is 10.9. The molecule has 310 valence electrons. The lowest BCUT2D eigenvalue weighted by molar-refractivity contribution is 0.618. The second kappa shape index (κ2) is 13.7. The first kappa shape index (κ1) is 36.2. The molecule has 0 N–H and O–H groups in total. The molecule has 0 radical (unpaired) electrons. The zero-order valence-electron chi connectivity index (χ0n) is 35.6. The Bertz CT molecular complexity index is 4480. The molecule has 0 spiro atoms. The number of aromatic nitrogens is 3. The highest BCUT2D eigenvalue weighted by atomic mass is 16.3. The van der Waals surface area contributed by atoms with Gasteiger partial charge in [-0.25, -0.2) is 0 Å². The van der Waals surface area contributed by atoms with E-state index in [9.17, 15) is 0 Å². The smallest absolute Gasteiger partial charge is 0.161 e. The molecule has 6 heterocycles. The minimum Gasteiger partial charge on any atom is -0.462 e. The standard InChI is InChI=1S/C61H33N3O3/c1-3-11-45-43(9-1)52(40-27-36-19-17-34-23-25-65-59(34)56(36)62-31-40)44-10-2-4-12-46(44)53(45)42-29-38-21-22-39-30-51(67-61(39)58(38)64-33-42)55-49-15-7-5-13-47(49)54(48-14-6-8-16-50(48)55)41-28-37-20-18-35-24-26-66-60(35)57(37)63-32-41/h1-33H. The van der Waals surface area contributed by atoms with Gasteiger partial charge in [0.15, 0.2) is 16.7 Å². The van der Waals surface area contributed by atoms with Crippen LogP contribution in [0.5, 0.6) is 0 Å². The molecule has 6 heteroatoms. The second-order valence-corrected chi connectivity index (χ2v) is 17.5. The summed E-state index contributed by atoms with van der Waals surface area (Å²) in [7, 11) is 0. The maximum absolute atomic E-state index is 7.02. The van der Waals surface area contributed by atoms with E-state index in [1.165, 1.54) is 0 Å². The van der Waals surface area contributed by atoms with Crippen molar-refractivity contribution in [2.75, 3.05) is 0 Å². The van der Waals surface area contributed by atoms with Crippen molar-refractivity contribution >= 4 is 109 Å². The number of benzene rings is 9. The van der Waals surface area contributed by atoms with Gasteiger partial charge < -0.3 is 13.3 Å². The highest BCUT2D eigenvalue weighted by Gasteiger charge is 2.22. The fraction of sp³-hybridized carbons (Fsp3) is 0. The van der Waals surface area contributed by atoms with Crippen molar-refractivity contribution in [2.24, 2.45) is 0 Å². The van der Waals surface area contributed by atoms with Gasteiger partial charge in [-0.2, -0.15) is 0 Å². The van der Waals surface area contributed by atoms with E-state index < -0.39 is 0 Å². The van der Waals surface area contributed by atoms with E-state index in [0.717, 1.165) is 153 Å². The molecule has 6 aromatic heterocycles. The zero-order valence-corrected chi connectivity index (χ0v) is 35.6. The van der Waals surface area contributed by atoms with Crippen LogP contribution in [0.25, 0.3) is 153 Å². The molecule has 0 atom stereocenters. The van der Waals surface area contributed by atoms with Gasteiger partial charge in [0.05, 0.1) is 12.5 Å². The predicted octanol–water partition coefficient (Wildman–Crippen LogP) is 16.9. The van der Waals surface area contributed by atoms with E-state index in [0.29, 0.717) is 0 Å². The number of hydrogen-bond acceptors (Lipinski definition) is 6. The van der Waals surface area contributed by atoms with Crippen LogP contribution in [0, 0.1) is 0 Å². The summed E-state index contributed by atoms with van der Waals surface area (Å²) in [6, 6.07) is 60.3. The normalized spacial score (nSPS) is 12.2. The minimum absolute atomic E-state index is 0.764. The van der Waals surface area contributed by atoms with E-state index in [1.54, 1.807) is 12.5 Å². The molecule has 67 heavy (non-hydrogen) atoms. The Labute approximate surface area is 381 Å². The molecule has 0 aliphatic carbocycles. The zero-order chi connectivity index (χ0) is 43.7. The molecule has 6 nitrogen and oxygen atoms in total. The van der Waals surface area contributed by atoms with Crippen molar-refractivity contribution in [1.82, 2.24) is 15.0 Å². The van der Waals surface area contributed by atoms with Crippen LogP contribution in [-0.4, -0.2) is 15.0 Å². The van der Waals surface area contributed by atoms with Gasteiger partial charge in [0.1, 0.15) is 22.3 Å². The van der Waals surface area contributed by atoms with Crippen molar-refractivity contribution in [1.29, 1.82) is 0 Å². The van der Waals surface area contributed by atoms with Gasteiger partial charge in [0.2, 0.25) is 0 Å². The van der Waals surface area contributed by atoms with E-state index in [4.69, 9.17) is 28.2 Å². The molecular weight excluding hydrogens is 823 g/mol. The Morgan fingerprint density at radius 1 is 0.284 bits per heavy atom. The molecule has 15 aromatic rings. The molecule has 0 unspecified atom stereocenters. The number of fused-ring (bicyclic) bond motifs is 13. The first-order valence-electron chi connectivity index (χ1n) is 22.4. The lowest BCUT2D eigenvalue weighted by Crippen LogP contribution is -1.92. The van der Waals surface area contributed by atoms with E-state index in [1.807, 2.05) is 30.7 Å². The number of nitrogens with zero attached hydrogens (tertiary/aromatic N) is 3. The molecule has 0 aliphatic heterocycles. The number of rotatable bonds is 4. The van der Waals surface area contributed by atoms with Gasteiger partial charge in [-0.3, -0.25) is 15.0 Å². The van der Waals surface area contributed by atoms with Crippen molar-refractivity contribution in [3.63, 3.8) is 0 Å². The summed E-state index contributed by atoms with van der Waals surface area (Å²) in [5.74, 6) is 0.800. The van der Waals surface area contributed by atoms with Crippen molar-refractivity contribution in [3.05, 3.63) is 201 Å². The minimum atomic E-state index is 0.764. The molecule has 0 saturated carbocycles. The SMILES string of the molecule is c1ccc2c(-c3cnc4c(ccc5cc(-c6c7ccccc7c(-c7cnc8c(ccc9ccoc98)c7)c7ccccc67)oc54)c3)c3ccccc3c(-c3cnc4c(ccc5ccoc54)c3)c2c1.